The number of aryl methyl sites for hydroxylation is 2. The van der Waals surface area contributed by atoms with Crippen LogP contribution < -0.4 is 0 Å². The highest BCUT2D eigenvalue weighted by Crippen LogP contribution is 2.26. The molecule has 1 aliphatic heterocycles. The summed E-state index contributed by atoms with van der Waals surface area (Å²) in [5.41, 5.74) is 3.11. The van der Waals surface area contributed by atoms with Crippen LogP contribution in [0.2, 0.25) is 0 Å². The van der Waals surface area contributed by atoms with E-state index in [1.54, 1.807) is 4.90 Å². The highest BCUT2D eigenvalue weighted by molar-refractivity contribution is 8.00. The molecule has 0 spiro atoms. The fourth-order valence-electron chi connectivity index (χ4n) is 2.85. The second kappa shape index (κ2) is 8.79. The van der Waals surface area contributed by atoms with Crippen molar-refractivity contribution in [2.24, 2.45) is 0 Å². The zero-order valence-electron chi connectivity index (χ0n) is 15.4. The molecule has 1 fully saturated rings. The number of hydrogen-bond donors (Lipinski definition) is 0. The van der Waals surface area contributed by atoms with Crippen molar-refractivity contribution in [1.82, 2.24) is 15.1 Å². The molecule has 1 amide bonds. The van der Waals surface area contributed by atoms with Gasteiger partial charge in [0, 0.05) is 24.4 Å². The standard InChI is InChI=1S/C18H21N3O4S2/c1-11-6-12(2)8-13(7-11)16-19-20-18(25-16)27-10-15(22)21-4-5-26-14(9-21)17(23)24-3/h6-8,14H,4-5,9-10H2,1-3H3/t14-/m0/s1. The Hall–Kier alpha value is -2.00. The maximum Gasteiger partial charge on any atom is 0.320 e. The van der Waals surface area contributed by atoms with E-state index in [2.05, 4.69) is 16.3 Å². The van der Waals surface area contributed by atoms with Crippen LogP contribution in [0.4, 0.5) is 0 Å². The van der Waals surface area contributed by atoms with Crippen LogP contribution in [-0.2, 0) is 14.3 Å². The lowest BCUT2D eigenvalue weighted by atomic mass is 10.1. The highest BCUT2D eigenvalue weighted by Gasteiger charge is 2.29. The third-order valence-corrected chi connectivity index (χ3v) is 6.04. The summed E-state index contributed by atoms with van der Waals surface area (Å²) >= 11 is 2.73. The molecule has 2 heterocycles. The van der Waals surface area contributed by atoms with E-state index in [-0.39, 0.29) is 22.9 Å². The molecule has 1 aromatic carbocycles. The number of nitrogens with zero attached hydrogens (tertiary/aromatic N) is 3. The number of esters is 1. The molecule has 0 radical (unpaired) electrons. The van der Waals surface area contributed by atoms with Crippen LogP contribution in [0.15, 0.2) is 27.8 Å². The van der Waals surface area contributed by atoms with Gasteiger partial charge in [-0.05, 0) is 26.0 Å². The van der Waals surface area contributed by atoms with Gasteiger partial charge in [0.25, 0.3) is 5.22 Å². The smallest absolute Gasteiger partial charge is 0.320 e. The number of benzene rings is 1. The van der Waals surface area contributed by atoms with Crippen molar-refractivity contribution in [3.05, 3.63) is 29.3 Å². The van der Waals surface area contributed by atoms with Crippen molar-refractivity contribution in [1.29, 1.82) is 0 Å². The average Bonchev–Trinajstić information content (AvgIpc) is 3.14. The minimum absolute atomic E-state index is 0.0552. The first-order valence-electron chi connectivity index (χ1n) is 8.48. The van der Waals surface area contributed by atoms with Gasteiger partial charge in [0.2, 0.25) is 11.8 Å². The number of aromatic nitrogens is 2. The average molecular weight is 408 g/mol. The first kappa shape index (κ1) is 19.8. The summed E-state index contributed by atoms with van der Waals surface area (Å²) in [4.78, 5) is 25.8. The minimum Gasteiger partial charge on any atom is -0.468 e. The fourth-order valence-corrected chi connectivity index (χ4v) is 4.64. The molecular formula is C18H21N3O4S2. The van der Waals surface area contributed by atoms with Crippen LogP contribution in [0.1, 0.15) is 11.1 Å². The lowest BCUT2D eigenvalue weighted by Gasteiger charge is -2.30. The number of ether oxygens (including phenoxy) is 1. The first-order chi connectivity index (χ1) is 13.0. The molecule has 1 saturated heterocycles. The topological polar surface area (TPSA) is 85.5 Å². The van der Waals surface area contributed by atoms with Crippen molar-refractivity contribution in [2.75, 3.05) is 31.7 Å². The van der Waals surface area contributed by atoms with Gasteiger partial charge in [-0.1, -0.05) is 29.0 Å². The molecule has 7 nitrogen and oxygen atoms in total. The number of thioether (sulfide) groups is 2. The van der Waals surface area contributed by atoms with Crippen LogP contribution in [0.25, 0.3) is 11.5 Å². The monoisotopic (exact) mass is 407 g/mol. The summed E-state index contributed by atoms with van der Waals surface area (Å²) in [5, 5.41) is 8.13. The SMILES string of the molecule is COC(=O)[C@@H]1CN(C(=O)CSc2nnc(-c3cc(C)cc(C)c3)o2)CCS1. The van der Waals surface area contributed by atoms with Gasteiger partial charge in [-0.15, -0.1) is 22.0 Å². The molecule has 2 aromatic rings. The third-order valence-electron chi connectivity index (χ3n) is 4.08. The van der Waals surface area contributed by atoms with E-state index in [4.69, 9.17) is 9.15 Å². The van der Waals surface area contributed by atoms with Gasteiger partial charge in [-0.3, -0.25) is 9.59 Å². The molecule has 0 unspecified atom stereocenters. The molecule has 0 N–H and O–H groups in total. The number of amides is 1. The fraction of sp³-hybridized carbons (Fsp3) is 0.444. The van der Waals surface area contributed by atoms with E-state index >= 15 is 0 Å². The van der Waals surface area contributed by atoms with E-state index < -0.39 is 0 Å². The maximum absolute atomic E-state index is 12.4. The number of hydrogen-bond acceptors (Lipinski definition) is 8. The number of methoxy groups -OCH3 is 1. The molecule has 1 aliphatic rings. The van der Waals surface area contributed by atoms with Crippen molar-refractivity contribution >= 4 is 35.4 Å². The van der Waals surface area contributed by atoms with Gasteiger partial charge in [0.05, 0.1) is 12.9 Å². The normalized spacial score (nSPS) is 17.0. The predicted octanol–water partition coefficient (Wildman–Crippen LogP) is 2.56. The van der Waals surface area contributed by atoms with Crippen molar-refractivity contribution < 1.29 is 18.7 Å². The van der Waals surface area contributed by atoms with Crippen molar-refractivity contribution in [3.8, 4) is 11.5 Å². The molecule has 1 aromatic heterocycles. The van der Waals surface area contributed by atoms with Crippen LogP contribution in [0.5, 0.6) is 0 Å². The number of rotatable bonds is 5. The van der Waals surface area contributed by atoms with E-state index in [0.29, 0.717) is 30.0 Å². The quantitative estimate of drug-likeness (QED) is 0.552. The Morgan fingerprint density at radius 3 is 2.74 bits per heavy atom. The van der Waals surface area contributed by atoms with Gasteiger partial charge in [0.1, 0.15) is 5.25 Å². The molecule has 0 saturated carbocycles. The van der Waals surface area contributed by atoms with Crippen LogP contribution >= 0.6 is 23.5 Å². The Morgan fingerprint density at radius 2 is 2.04 bits per heavy atom. The molecule has 27 heavy (non-hydrogen) atoms. The summed E-state index contributed by atoms with van der Waals surface area (Å²) in [7, 11) is 1.36. The number of carbonyl (C=O) groups is 2. The van der Waals surface area contributed by atoms with E-state index in [9.17, 15) is 9.59 Å². The summed E-state index contributed by atoms with van der Waals surface area (Å²) < 4.78 is 10.5. The van der Waals surface area contributed by atoms with Gasteiger partial charge in [0.15, 0.2) is 0 Å². The Morgan fingerprint density at radius 1 is 1.30 bits per heavy atom. The second-order valence-corrected chi connectivity index (χ2v) is 8.50. The molecule has 0 bridgehead atoms. The predicted molar refractivity (Wildman–Crippen MR) is 105 cm³/mol. The number of carbonyl (C=O) groups excluding carboxylic acids is 2. The molecular weight excluding hydrogens is 386 g/mol. The van der Waals surface area contributed by atoms with Crippen LogP contribution in [-0.4, -0.2) is 63.9 Å². The summed E-state index contributed by atoms with van der Waals surface area (Å²) in [6.07, 6.45) is 0. The lowest BCUT2D eigenvalue weighted by Crippen LogP contribution is -2.45. The van der Waals surface area contributed by atoms with E-state index in [1.807, 2.05) is 26.0 Å². The Bertz CT molecular complexity index is 820. The highest BCUT2D eigenvalue weighted by atomic mass is 32.2. The van der Waals surface area contributed by atoms with Gasteiger partial charge < -0.3 is 14.1 Å². The van der Waals surface area contributed by atoms with Crippen molar-refractivity contribution in [2.45, 2.75) is 24.3 Å². The van der Waals surface area contributed by atoms with Gasteiger partial charge in [-0.25, -0.2) is 0 Å². The second-order valence-electron chi connectivity index (χ2n) is 6.26. The van der Waals surface area contributed by atoms with Gasteiger partial charge >= 0.3 is 5.97 Å². The largest absolute Gasteiger partial charge is 0.468 e. The molecule has 3 rings (SSSR count). The summed E-state index contributed by atoms with van der Waals surface area (Å²) in [6, 6.07) is 6.05. The Balaban J connectivity index is 1.58. The zero-order chi connectivity index (χ0) is 19.4. The molecule has 144 valence electrons. The van der Waals surface area contributed by atoms with Crippen LogP contribution in [0, 0.1) is 13.8 Å². The molecule has 9 heteroatoms. The lowest BCUT2D eigenvalue weighted by molar-refractivity contribution is -0.141. The summed E-state index contributed by atoms with van der Waals surface area (Å²) in [5.74, 6) is 0.998. The zero-order valence-corrected chi connectivity index (χ0v) is 17.1. The van der Waals surface area contributed by atoms with Crippen molar-refractivity contribution in [3.63, 3.8) is 0 Å². The summed E-state index contributed by atoms with van der Waals surface area (Å²) in [6.45, 7) is 5.02. The minimum atomic E-state index is -0.322. The molecule has 1 atom stereocenters. The Kier molecular flexibility index (Phi) is 6.43. The van der Waals surface area contributed by atoms with E-state index in [0.717, 1.165) is 16.7 Å². The van der Waals surface area contributed by atoms with Gasteiger partial charge in [-0.2, -0.15) is 0 Å². The molecule has 0 aliphatic carbocycles. The van der Waals surface area contributed by atoms with Crippen LogP contribution in [0.3, 0.4) is 0 Å². The van der Waals surface area contributed by atoms with E-state index in [1.165, 1.54) is 30.6 Å². The Labute approximate surface area is 166 Å². The first-order valence-corrected chi connectivity index (χ1v) is 10.5. The third kappa shape index (κ3) is 5.04. The maximum atomic E-state index is 12.4.